The van der Waals surface area contributed by atoms with E-state index in [9.17, 15) is 14.4 Å². The van der Waals surface area contributed by atoms with Gasteiger partial charge in [-0.3, -0.25) is 14.3 Å². The molecule has 0 radical (unpaired) electrons. The van der Waals surface area contributed by atoms with Crippen LogP contribution in [0.25, 0.3) is 33.6 Å². The van der Waals surface area contributed by atoms with Crippen LogP contribution in [0.2, 0.25) is 0 Å². The number of likely N-dealkylation sites (tertiary alicyclic amines) is 2. The van der Waals surface area contributed by atoms with Gasteiger partial charge in [-0.15, -0.1) is 0 Å². The summed E-state index contributed by atoms with van der Waals surface area (Å²) in [5.41, 5.74) is 5.79. The Labute approximate surface area is 317 Å². The molecule has 2 aliphatic rings. The number of carbonyl (C=O) groups is 3. The number of aromatic amines is 2. The first kappa shape index (κ1) is 37.0. The minimum atomic E-state index is -0.848. The van der Waals surface area contributed by atoms with Crippen LogP contribution in [-0.4, -0.2) is 103 Å². The Morgan fingerprint density at radius 2 is 1.40 bits per heavy atom. The Balaban J connectivity index is 0.993. The Morgan fingerprint density at radius 3 is 1.91 bits per heavy atom. The molecular weight excluding hydrogens is 704 g/mol. The lowest BCUT2D eigenvalue weighted by atomic mass is 10.0. The van der Waals surface area contributed by atoms with Gasteiger partial charge in [-0.2, -0.15) is 9.99 Å². The van der Waals surface area contributed by atoms with Crippen LogP contribution in [0.1, 0.15) is 56.3 Å². The molecule has 0 spiro atoms. The SMILES string of the molecule is COOC=N[C@@H](C)C(=O)N1CCC[C@H]1c1ncc(-c2ccc(-c3ccc(-c4cnc([C@@H]5CCCN5C(=O)[C@H](Cn5cccn5)NC(=O)OC)[nH]4)cc3)cc2)[nH]1. The molecule has 5 heterocycles. The molecule has 16 heteroatoms. The highest BCUT2D eigenvalue weighted by atomic mass is 17.2. The molecule has 0 saturated carbocycles. The van der Waals surface area contributed by atoms with Gasteiger partial charge in [-0.05, 0) is 60.9 Å². The van der Waals surface area contributed by atoms with E-state index in [2.05, 4.69) is 81.5 Å². The Hall–Kier alpha value is -6.29. The van der Waals surface area contributed by atoms with Crippen molar-refractivity contribution in [2.45, 2.75) is 63.3 Å². The van der Waals surface area contributed by atoms with Gasteiger partial charge in [0, 0.05) is 25.5 Å². The fourth-order valence-corrected chi connectivity index (χ4v) is 7.26. The van der Waals surface area contributed by atoms with Crippen LogP contribution in [0.5, 0.6) is 0 Å². The summed E-state index contributed by atoms with van der Waals surface area (Å²) in [5, 5.41) is 6.87. The number of H-pyrrole nitrogens is 2. The third-order valence-corrected chi connectivity index (χ3v) is 10.1. The van der Waals surface area contributed by atoms with E-state index >= 15 is 0 Å². The molecule has 0 unspecified atom stereocenters. The summed E-state index contributed by atoms with van der Waals surface area (Å²) in [6, 6.07) is 16.4. The van der Waals surface area contributed by atoms with E-state index < -0.39 is 18.2 Å². The van der Waals surface area contributed by atoms with Crippen LogP contribution in [0.4, 0.5) is 4.79 Å². The molecule has 0 bridgehead atoms. The first-order chi connectivity index (χ1) is 26.8. The van der Waals surface area contributed by atoms with E-state index in [1.165, 1.54) is 14.2 Å². The molecule has 3 N–H and O–H groups in total. The van der Waals surface area contributed by atoms with Crippen LogP contribution in [0.15, 0.2) is 84.4 Å². The molecule has 286 valence electrons. The number of alkyl carbamates (subject to hydrolysis) is 1. The van der Waals surface area contributed by atoms with Crippen molar-refractivity contribution in [2.75, 3.05) is 27.3 Å². The number of aliphatic imine (C=N–C) groups is 1. The fourth-order valence-electron chi connectivity index (χ4n) is 7.26. The normalized spacial score (nSPS) is 18.1. The number of benzene rings is 2. The van der Waals surface area contributed by atoms with Gasteiger partial charge in [0.15, 0.2) is 0 Å². The number of imidazole rings is 2. The largest absolute Gasteiger partial charge is 0.453 e. The number of amides is 3. The molecule has 7 rings (SSSR count). The predicted molar refractivity (Wildman–Crippen MR) is 202 cm³/mol. The summed E-state index contributed by atoms with van der Waals surface area (Å²) in [4.78, 5) is 72.1. The van der Waals surface area contributed by atoms with Gasteiger partial charge in [0.2, 0.25) is 18.2 Å². The molecule has 4 atom stereocenters. The molecule has 16 nitrogen and oxygen atoms in total. The van der Waals surface area contributed by atoms with E-state index in [0.29, 0.717) is 18.9 Å². The van der Waals surface area contributed by atoms with Crippen molar-refractivity contribution in [3.05, 3.63) is 91.0 Å². The number of nitrogens with zero attached hydrogens (tertiary/aromatic N) is 7. The van der Waals surface area contributed by atoms with Crippen LogP contribution < -0.4 is 5.32 Å². The molecule has 0 aliphatic carbocycles. The fraction of sp³-hybridized carbons (Fsp3) is 0.359. The highest BCUT2D eigenvalue weighted by Crippen LogP contribution is 2.34. The summed E-state index contributed by atoms with van der Waals surface area (Å²) in [6.07, 6.45) is 10.7. The average Bonchev–Trinajstić information content (AvgIpc) is 4.07. The second kappa shape index (κ2) is 16.8. The van der Waals surface area contributed by atoms with Crippen LogP contribution in [0.3, 0.4) is 0 Å². The van der Waals surface area contributed by atoms with Crippen LogP contribution in [-0.2, 0) is 30.6 Å². The number of ether oxygens (including phenoxy) is 1. The maximum absolute atomic E-state index is 13.7. The second-order valence-electron chi connectivity index (χ2n) is 13.5. The maximum Gasteiger partial charge on any atom is 0.407 e. The summed E-state index contributed by atoms with van der Waals surface area (Å²) >= 11 is 0. The van der Waals surface area contributed by atoms with E-state index in [1.807, 2.05) is 23.2 Å². The van der Waals surface area contributed by atoms with Crippen LogP contribution in [0, 0.1) is 0 Å². The summed E-state index contributed by atoms with van der Waals surface area (Å²) in [6.45, 7) is 3.11. The first-order valence-electron chi connectivity index (χ1n) is 18.3. The number of carbonyl (C=O) groups excluding carboxylic acids is 3. The zero-order chi connectivity index (χ0) is 38.3. The van der Waals surface area contributed by atoms with Crippen molar-refractivity contribution in [2.24, 2.45) is 4.99 Å². The molecule has 2 fully saturated rings. The monoisotopic (exact) mass is 748 g/mol. The molecule has 3 amide bonds. The Morgan fingerprint density at radius 1 is 0.855 bits per heavy atom. The van der Waals surface area contributed by atoms with Gasteiger partial charge in [0.25, 0.3) is 0 Å². The van der Waals surface area contributed by atoms with Gasteiger partial charge in [0.1, 0.15) is 23.7 Å². The first-order valence-corrected chi connectivity index (χ1v) is 18.3. The lowest BCUT2D eigenvalue weighted by molar-refractivity contribution is -0.188. The molecular formula is C39H44N10O6. The predicted octanol–water partition coefficient (Wildman–Crippen LogP) is 5.08. The van der Waals surface area contributed by atoms with Gasteiger partial charge in [-0.1, -0.05) is 48.5 Å². The van der Waals surface area contributed by atoms with Crippen molar-refractivity contribution < 1.29 is 28.9 Å². The minimum Gasteiger partial charge on any atom is -0.453 e. The topological polar surface area (TPSA) is 185 Å². The Bertz CT molecular complexity index is 2090. The van der Waals surface area contributed by atoms with Gasteiger partial charge >= 0.3 is 6.09 Å². The smallest absolute Gasteiger partial charge is 0.407 e. The quantitative estimate of drug-likeness (QED) is 0.0640. The minimum absolute atomic E-state index is 0.0886. The summed E-state index contributed by atoms with van der Waals surface area (Å²) in [7, 11) is 2.65. The van der Waals surface area contributed by atoms with E-state index in [4.69, 9.17) is 4.74 Å². The molecule has 2 aromatic carbocycles. The molecule has 55 heavy (non-hydrogen) atoms. The number of hydrogen-bond acceptors (Lipinski definition) is 10. The standard InChI is InChI=1S/C39H44N10O6/c1-25(42-24-55-54-3)37(50)48-19-4-7-33(48)35-40-21-30(44-35)28-13-9-26(10-14-28)27-11-15-29(16-12-27)31-22-41-36(45-31)34-8-5-20-49(34)38(51)32(46-39(52)53-2)23-47-18-6-17-43-47/h6,9-18,21-22,24-25,32-34H,4-5,7-8,19-20,23H2,1-3H3,(H,40,44)(H,41,45)(H,46,52)/t25-,32-,33-,34-/m0/s1. The van der Waals surface area contributed by atoms with Gasteiger partial charge < -0.3 is 34.7 Å². The molecule has 3 aromatic heterocycles. The number of rotatable bonds is 13. The average molecular weight is 749 g/mol. The third-order valence-electron chi connectivity index (χ3n) is 10.1. The number of aromatic nitrogens is 6. The highest BCUT2D eigenvalue weighted by Gasteiger charge is 2.37. The van der Waals surface area contributed by atoms with E-state index in [-0.39, 0.29) is 30.4 Å². The summed E-state index contributed by atoms with van der Waals surface area (Å²) < 4.78 is 6.40. The molecule has 2 aliphatic heterocycles. The zero-order valence-corrected chi connectivity index (χ0v) is 30.9. The van der Waals surface area contributed by atoms with Crippen LogP contribution >= 0.6 is 0 Å². The highest BCUT2D eigenvalue weighted by molar-refractivity contribution is 5.86. The zero-order valence-electron chi connectivity index (χ0n) is 30.9. The number of nitrogens with one attached hydrogen (secondary N) is 3. The third kappa shape index (κ3) is 8.28. The Kier molecular flexibility index (Phi) is 11.3. The van der Waals surface area contributed by atoms with Crippen molar-refractivity contribution in [3.63, 3.8) is 0 Å². The van der Waals surface area contributed by atoms with E-state index in [1.54, 1.807) is 41.2 Å². The van der Waals surface area contributed by atoms with Gasteiger partial charge in [-0.25, -0.2) is 19.8 Å². The maximum atomic E-state index is 13.7. The van der Waals surface area contributed by atoms with Crippen molar-refractivity contribution in [1.29, 1.82) is 0 Å². The van der Waals surface area contributed by atoms with Gasteiger partial charge in [0.05, 0.1) is 56.6 Å². The van der Waals surface area contributed by atoms with E-state index in [0.717, 1.165) is 71.6 Å². The molecule has 2 saturated heterocycles. The van der Waals surface area contributed by atoms with Crippen molar-refractivity contribution in [3.8, 4) is 33.6 Å². The lowest BCUT2D eigenvalue weighted by Gasteiger charge is -2.28. The van der Waals surface area contributed by atoms with Crippen molar-refractivity contribution in [1.82, 2.24) is 44.8 Å². The van der Waals surface area contributed by atoms with Crippen molar-refractivity contribution >= 4 is 24.3 Å². The second-order valence-corrected chi connectivity index (χ2v) is 13.5. The summed E-state index contributed by atoms with van der Waals surface area (Å²) in [5.74, 6) is 1.14. The number of hydrogen-bond donors (Lipinski definition) is 3. The number of methoxy groups -OCH3 is 1. The lowest BCUT2D eigenvalue weighted by Crippen LogP contribution is -2.50. The molecule has 5 aromatic rings.